The van der Waals surface area contributed by atoms with Crippen molar-refractivity contribution in [3.05, 3.63) is 47.3 Å². The van der Waals surface area contributed by atoms with Crippen LogP contribution in [0.4, 0.5) is 11.6 Å². The lowest BCUT2D eigenvalue weighted by Crippen LogP contribution is -2.46. The second-order valence-corrected chi connectivity index (χ2v) is 10.5. The predicted octanol–water partition coefficient (Wildman–Crippen LogP) is 3.35. The Morgan fingerprint density at radius 3 is 2.86 bits per heavy atom. The Bertz CT molecular complexity index is 1550. The zero-order chi connectivity index (χ0) is 25.2. The molecule has 0 bridgehead atoms. The van der Waals surface area contributed by atoms with Gasteiger partial charge in [0.1, 0.15) is 46.5 Å². The zero-order valence-electron chi connectivity index (χ0n) is 19.7. The Morgan fingerprint density at radius 2 is 2.08 bits per heavy atom. The number of fused-ring (bicyclic) bond motifs is 4. The molecule has 11 heteroatoms. The van der Waals surface area contributed by atoms with E-state index >= 15 is 0 Å². The van der Waals surface area contributed by atoms with Gasteiger partial charge in [-0.1, -0.05) is 13.0 Å². The molecule has 3 atom stereocenters. The van der Waals surface area contributed by atoms with Crippen LogP contribution in [0.3, 0.4) is 0 Å². The number of ether oxygens (including phenoxy) is 1. The number of nitrogens with zero attached hydrogens (tertiary/aromatic N) is 5. The molecule has 6 rings (SSSR count). The van der Waals surface area contributed by atoms with Crippen LogP contribution in [0, 0.1) is 5.41 Å². The van der Waals surface area contributed by atoms with Crippen LogP contribution in [0.1, 0.15) is 19.8 Å². The number of nitrogens with one attached hydrogen (secondary N) is 1. The minimum atomic E-state index is -0.574. The number of pyridine rings is 1. The van der Waals surface area contributed by atoms with E-state index < -0.39 is 6.04 Å². The van der Waals surface area contributed by atoms with Crippen molar-refractivity contribution in [2.45, 2.75) is 38.4 Å². The molecular formula is C25H24BrN7O3. The third-order valence-corrected chi connectivity index (χ3v) is 7.80. The maximum atomic E-state index is 13.8. The first-order valence-corrected chi connectivity index (χ1v) is 12.4. The van der Waals surface area contributed by atoms with Gasteiger partial charge in [0.25, 0.3) is 0 Å². The topological polar surface area (TPSA) is 128 Å². The van der Waals surface area contributed by atoms with Gasteiger partial charge in [-0.25, -0.2) is 15.0 Å². The van der Waals surface area contributed by atoms with E-state index in [1.807, 2.05) is 22.8 Å². The van der Waals surface area contributed by atoms with E-state index in [-0.39, 0.29) is 29.8 Å². The van der Waals surface area contributed by atoms with E-state index in [4.69, 9.17) is 10.5 Å². The lowest BCUT2D eigenvalue weighted by Gasteiger charge is -2.27. The molecule has 1 aliphatic carbocycles. The zero-order valence-corrected chi connectivity index (χ0v) is 21.3. The van der Waals surface area contributed by atoms with Crippen molar-refractivity contribution in [2.24, 2.45) is 5.41 Å². The van der Waals surface area contributed by atoms with Crippen LogP contribution in [0.5, 0.6) is 5.75 Å². The van der Waals surface area contributed by atoms with Gasteiger partial charge < -0.3 is 25.3 Å². The first kappa shape index (κ1) is 22.7. The van der Waals surface area contributed by atoms with E-state index in [9.17, 15) is 9.59 Å². The molecule has 0 spiro atoms. The normalized spacial score (nSPS) is 22.6. The van der Waals surface area contributed by atoms with Crippen molar-refractivity contribution in [3.8, 4) is 5.75 Å². The number of rotatable bonds is 5. The maximum Gasteiger partial charge on any atom is 0.248 e. The third kappa shape index (κ3) is 3.57. The van der Waals surface area contributed by atoms with Gasteiger partial charge in [-0.05, 0) is 64.5 Å². The second-order valence-electron chi connectivity index (χ2n) is 9.66. The molecule has 4 aromatic rings. The molecule has 1 saturated heterocycles. The fourth-order valence-electron chi connectivity index (χ4n) is 5.47. The van der Waals surface area contributed by atoms with E-state index in [0.717, 1.165) is 17.3 Å². The number of carbonyl (C=O) groups is 2. The van der Waals surface area contributed by atoms with Crippen molar-refractivity contribution in [2.75, 3.05) is 18.2 Å². The standard InChI is InChI=1S/C25H24BrN7O3/c1-25-9-16(24(35)31-19-5-3-4-18(26)30-19)33(17(25)10-25)20(34)11-32-15-7-6-13(36-2)8-14(15)21-22(27)28-12-29-23(21)32/h3-8,12,16-17H,9-11H2,1-2H3,(H2,27,28,29)(H,30,31,35)/t16-,17+,25-/m0/s1. The first-order valence-electron chi connectivity index (χ1n) is 11.6. The van der Waals surface area contributed by atoms with Crippen LogP contribution >= 0.6 is 15.9 Å². The Morgan fingerprint density at radius 1 is 1.25 bits per heavy atom. The average molecular weight is 550 g/mol. The van der Waals surface area contributed by atoms with E-state index in [1.54, 1.807) is 30.2 Å². The monoisotopic (exact) mass is 549 g/mol. The highest BCUT2D eigenvalue weighted by atomic mass is 79.9. The number of aromatic nitrogens is 4. The van der Waals surface area contributed by atoms with Crippen molar-refractivity contribution < 1.29 is 14.3 Å². The molecule has 184 valence electrons. The molecule has 0 radical (unpaired) electrons. The molecule has 1 aliphatic heterocycles. The predicted molar refractivity (Wildman–Crippen MR) is 138 cm³/mol. The molecule has 2 amide bonds. The smallest absolute Gasteiger partial charge is 0.248 e. The third-order valence-electron chi connectivity index (χ3n) is 7.36. The van der Waals surface area contributed by atoms with E-state index in [1.165, 1.54) is 6.33 Å². The Labute approximate surface area is 215 Å². The molecule has 10 nitrogen and oxygen atoms in total. The van der Waals surface area contributed by atoms with Gasteiger partial charge in [-0.3, -0.25) is 9.59 Å². The minimum Gasteiger partial charge on any atom is -0.497 e. The largest absolute Gasteiger partial charge is 0.497 e. The van der Waals surface area contributed by atoms with Crippen LogP contribution in [-0.2, 0) is 16.1 Å². The molecule has 1 saturated carbocycles. The van der Waals surface area contributed by atoms with Crippen LogP contribution in [0.15, 0.2) is 47.3 Å². The van der Waals surface area contributed by atoms with Crippen molar-refractivity contribution in [1.29, 1.82) is 0 Å². The van der Waals surface area contributed by atoms with Crippen LogP contribution in [0.25, 0.3) is 21.9 Å². The Hall–Kier alpha value is -3.73. The number of likely N-dealkylation sites (tertiary alicyclic amines) is 1. The number of benzene rings is 1. The maximum absolute atomic E-state index is 13.8. The van der Waals surface area contributed by atoms with Crippen LogP contribution < -0.4 is 15.8 Å². The van der Waals surface area contributed by atoms with Crippen molar-refractivity contribution >= 4 is 61.3 Å². The number of piperidine rings is 1. The minimum absolute atomic E-state index is 0.0221. The summed E-state index contributed by atoms with van der Waals surface area (Å²) < 4.78 is 7.86. The van der Waals surface area contributed by atoms with Gasteiger partial charge in [0.15, 0.2) is 0 Å². The summed E-state index contributed by atoms with van der Waals surface area (Å²) in [6.07, 6.45) is 2.89. The van der Waals surface area contributed by atoms with E-state index in [2.05, 4.69) is 43.1 Å². The summed E-state index contributed by atoms with van der Waals surface area (Å²) in [6, 6.07) is 10.4. The first-order chi connectivity index (χ1) is 17.3. The number of halogens is 1. The van der Waals surface area contributed by atoms with Crippen LogP contribution in [-0.4, -0.2) is 55.4 Å². The number of amides is 2. The molecule has 2 aliphatic rings. The number of methoxy groups -OCH3 is 1. The summed E-state index contributed by atoms with van der Waals surface area (Å²) >= 11 is 3.33. The summed E-state index contributed by atoms with van der Waals surface area (Å²) in [6.45, 7) is 2.15. The van der Waals surface area contributed by atoms with Gasteiger partial charge in [0.05, 0.1) is 18.0 Å². The quantitative estimate of drug-likeness (QED) is 0.365. The molecule has 4 heterocycles. The number of hydrogen-bond donors (Lipinski definition) is 2. The number of anilines is 2. The van der Waals surface area contributed by atoms with Crippen molar-refractivity contribution in [3.63, 3.8) is 0 Å². The molecule has 36 heavy (non-hydrogen) atoms. The highest BCUT2D eigenvalue weighted by Gasteiger charge is 2.64. The SMILES string of the molecule is COc1ccc2c(c1)c1c(N)ncnc1n2CC(=O)N1[C@H](C(=O)Nc2cccc(Br)n2)C[C@@]2(C)C[C@@H]12. The lowest BCUT2D eigenvalue weighted by molar-refractivity contribution is -0.138. The summed E-state index contributed by atoms with van der Waals surface area (Å²) in [5.74, 6) is 1.06. The number of hydrogen-bond acceptors (Lipinski definition) is 7. The van der Waals surface area contributed by atoms with Gasteiger partial charge in [0, 0.05) is 11.4 Å². The highest BCUT2D eigenvalue weighted by molar-refractivity contribution is 9.10. The molecule has 0 unspecified atom stereocenters. The molecule has 1 aromatic carbocycles. The average Bonchev–Trinajstić information content (AvgIpc) is 3.26. The van der Waals surface area contributed by atoms with E-state index in [0.29, 0.717) is 39.4 Å². The fourth-order valence-corrected chi connectivity index (χ4v) is 5.81. The van der Waals surface area contributed by atoms with Crippen LogP contribution in [0.2, 0.25) is 0 Å². The molecular weight excluding hydrogens is 526 g/mol. The summed E-state index contributed by atoms with van der Waals surface area (Å²) in [5.41, 5.74) is 7.52. The molecule has 3 aromatic heterocycles. The number of carbonyl (C=O) groups excluding carboxylic acids is 2. The fraction of sp³-hybridized carbons (Fsp3) is 0.320. The number of nitrogens with two attached hydrogens (primary N) is 1. The second kappa shape index (κ2) is 8.16. The molecule has 3 N–H and O–H groups in total. The van der Waals surface area contributed by atoms with Gasteiger partial charge in [-0.2, -0.15) is 0 Å². The van der Waals surface area contributed by atoms with Gasteiger partial charge in [-0.15, -0.1) is 0 Å². The van der Waals surface area contributed by atoms with Crippen molar-refractivity contribution in [1.82, 2.24) is 24.4 Å². The highest BCUT2D eigenvalue weighted by Crippen LogP contribution is 2.59. The number of nitrogen functional groups attached to an aromatic ring is 1. The molecule has 2 fully saturated rings. The Balaban J connectivity index is 1.34. The summed E-state index contributed by atoms with van der Waals surface area (Å²) in [4.78, 5) is 41.7. The summed E-state index contributed by atoms with van der Waals surface area (Å²) in [7, 11) is 1.60. The summed E-state index contributed by atoms with van der Waals surface area (Å²) in [5, 5.41) is 4.36. The lowest BCUT2D eigenvalue weighted by atomic mass is 10.0. The Kier molecular flexibility index (Phi) is 5.15. The van der Waals surface area contributed by atoms with Gasteiger partial charge in [0.2, 0.25) is 11.8 Å². The van der Waals surface area contributed by atoms with Gasteiger partial charge >= 0.3 is 0 Å².